The van der Waals surface area contributed by atoms with Crippen LogP contribution in [-0.2, 0) is 0 Å². The number of likely N-dealkylation sites (tertiary alicyclic amines) is 1. The summed E-state index contributed by atoms with van der Waals surface area (Å²) in [5, 5.41) is 0. The molecule has 0 bridgehead atoms. The molecule has 1 heterocycles. The minimum Gasteiger partial charge on any atom is -0.305 e. The van der Waals surface area contributed by atoms with Gasteiger partial charge in [0, 0.05) is 19.1 Å². The van der Waals surface area contributed by atoms with Crippen molar-refractivity contribution in [3.05, 3.63) is 0 Å². The Morgan fingerprint density at radius 3 is 2.47 bits per heavy atom. The van der Waals surface area contributed by atoms with Crippen LogP contribution in [0.25, 0.3) is 0 Å². The standard InChI is InChI=1S/C12H26N2S/c1-11-9-14(7-5-4-6-8-15)10-12(11)13(2)3/h11-12,15H,4-10H2,1-3H3. The average molecular weight is 230 g/mol. The van der Waals surface area contributed by atoms with Crippen LogP contribution in [0.3, 0.4) is 0 Å². The number of thiol groups is 1. The van der Waals surface area contributed by atoms with E-state index >= 15 is 0 Å². The van der Waals surface area contributed by atoms with Crippen molar-refractivity contribution in [2.45, 2.75) is 32.2 Å². The highest BCUT2D eigenvalue weighted by Gasteiger charge is 2.30. The summed E-state index contributed by atoms with van der Waals surface area (Å²) in [6.45, 7) is 6.19. The van der Waals surface area contributed by atoms with Crippen LogP contribution in [0.1, 0.15) is 26.2 Å². The lowest BCUT2D eigenvalue weighted by Crippen LogP contribution is -2.34. The highest BCUT2D eigenvalue weighted by Crippen LogP contribution is 2.20. The first kappa shape index (κ1) is 13.3. The summed E-state index contributed by atoms with van der Waals surface area (Å²) in [4.78, 5) is 4.99. The summed E-state index contributed by atoms with van der Waals surface area (Å²) in [6, 6.07) is 0.759. The molecule has 1 fully saturated rings. The Morgan fingerprint density at radius 2 is 1.93 bits per heavy atom. The molecule has 3 heteroatoms. The van der Waals surface area contributed by atoms with Crippen LogP contribution in [0.2, 0.25) is 0 Å². The maximum absolute atomic E-state index is 4.24. The molecular formula is C12H26N2S. The third-order valence-electron chi connectivity index (χ3n) is 3.44. The van der Waals surface area contributed by atoms with Gasteiger partial charge in [-0.2, -0.15) is 12.6 Å². The molecule has 0 aromatic rings. The Kier molecular flexibility index (Phi) is 6.02. The first-order valence-corrected chi connectivity index (χ1v) is 6.78. The van der Waals surface area contributed by atoms with Crippen molar-refractivity contribution in [3.63, 3.8) is 0 Å². The molecule has 0 aromatic heterocycles. The second-order valence-electron chi connectivity index (χ2n) is 5.05. The first-order valence-electron chi connectivity index (χ1n) is 6.14. The monoisotopic (exact) mass is 230 g/mol. The van der Waals surface area contributed by atoms with Crippen molar-refractivity contribution >= 4 is 12.6 Å². The second-order valence-corrected chi connectivity index (χ2v) is 5.50. The van der Waals surface area contributed by atoms with Crippen molar-refractivity contribution in [1.82, 2.24) is 9.80 Å². The van der Waals surface area contributed by atoms with Gasteiger partial charge in [0.25, 0.3) is 0 Å². The number of likely N-dealkylation sites (N-methyl/N-ethyl adjacent to an activating group) is 1. The maximum Gasteiger partial charge on any atom is 0.0254 e. The van der Waals surface area contributed by atoms with Crippen LogP contribution in [-0.4, -0.2) is 55.3 Å². The molecule has 1 aliphatic rings. The van der Waals surface area contributed by atoms with Crippen molar-refractivity contribution in [1.29, 1.82) is 0 Å². The van der Waals surface area contributed by atoms with Crippen LogP contribution < -0.4 is 0 Å². The summed E-state index contributed by atoms with van der Waals surface area (Å²) < 4.78 is 0. The zero-order chi connectivity index (χ0) is 11.3. The zero-order valence-electron chi connectivity index (χ0n) is 10.4. The number of rotatable bonds is 6. The molecule has 1 rings (SSSR count). The smallest absolute Gasteiger partial charge is 0.0254 e. The Labute approximate surface area is 100 Å². The van der Waals surface area contributed by atoms with Gasteiger partial charge >= 0.3 is 0 Å². The Hall–Kier alpha value is 0.270. The molecule has 2 unspecified atom stereocenters. The fraction of sp³-hybridized carbons (Fsp3) is 1.00. The molecule has 0 amide bonds. The van der Waals surface area contributed by atoms with E-state index in [2.05, 4.69) is 43.4 Å². The molecule has 0 saturated carbocycles. The third kappa shape index (κ3) is 4.33. The van der Waals surface area contributed by atoms with E-state index in [-0.39, 0.29) is 0 Å². The summed E-state index contributed by atoms with van der Waals surface area (Å²) in [5.41, 5.74) is 0. The van der Waals surface area contributed by atoms with Crippen molar-refractivity contribution in [3.8, 4) is 0 Å². The van der Waals surface area contributed by atoms with Gasteiger partial charge in [0.2, 0.25) is 0 Å². The lowest BCUT2D eigenvalue weighted by molar-refractivity contribution is 0.251. The second kappa shape index (κ2) is 6.77. The van der Waals surface area contributed by atoms with Crippen LogP contribution >= 0.6 is 12.6 Å². The van der Waals surface area contributed by atoms with Gasteiger partial charge in [0.15, 0.2) is 0 Å². The van der Waals surface area contributed by atoms with Crippen LogP contribution in [0.4, 0.5) is 0 Å². The highest BCUT2D eigenvalue weighted by molar-refractivity contribution is 7.80. The van der Waals surface area contributed by atoms with E-state index in [0.29, 0.717) is 0 Å². The van der Waals surface area contributed by atoms with E-state index in [1.807, 2.05) is 0 Å². The number of nitrogens with zero attached hydrogens (tertiary/aromatic N) is 2. The van der Waals surface area contributed by atoms with Crippen molar-refractivity contribution in [2.24, 2.45) is 5.92 Å². The van der Waals surface area contributed by atoms with Crippen LogP contribution in [0.15, 0.2) is 0 Å². The summed E-state index contributed by atoms with van der Waals surface area (Å²) >= 11 is 4.24. The van der Waals surface area contributed by atoms with Crippen molar-refractivity contribution < 1.29 is 0 Å². The predicted molar refractivity (Wildman–Crippen MR) is 70.8 cm³/mol. The summed E-state index contributed by atoms with van der Waals surface area (Å²) in [7, 11) is 4.40. The topological polar surface area (TPSA) is 6.48 Å². The van der Waals surface area contributed by atoms with Gasteiger partial charge in [-0.05, 0) is 45.2 Å². The fourth-order valence-corrected chi connectivity index (χ4v) is 2.75. The normalized spacial score (nSPS) is 27.8. The van der Waals surface area contributed by atoms with E-state index in [4.69, 9.17) is 0 Å². The molecule has 1 aliphatic heterocycles. The Bertz CT molecular complexity index is 173. The minimum absolute atomic E-state index is 0.759. The minimum atomic E-state index is 0.759. The molecule has 15 heavy (non-hydrogen) atoms. The van der Waals surface area contributed by atoms with Gasteiger partial charge in [-0.1, -0.05) is 13.3 Å². The van der Waals surface area contributed by atoms with E-state index in [1.165, 1.54) is 38.9 Å². The molecule has 0 aromatic carbocycles. The average Bonchev–Trinajstić information content (AvgIpc) is 2.55. The van der Waals surface area contributed by atoms with Gasteiger partial charge in [0.1, 0.15) is 0 Å². The Balaban J connectivity index is 2.17. The largest absolute Gasteiger partial charge is 0.305 e. The molecule has 90 valence electrons. The molecule has 0 spiro atoms. The van der Waals surface area contributed by atoms with E-state index < -0.39 is 0 Å². The molecule has 0 aliphatic carbocycles. The van der Waals surface area contributed by atoms with E-state index in [9.17, 15) is 0 Å². The molecule has 0 N–H and O–H groups in total. The first-order chi connectivity index (χ1) is 7.15. The quantitative estimate of drug-likeness (QED) is 0.550. The van der Waals surface area contributed by atoms with Gasteiger partial charge < -0.3 is 9.80 Å². The van der Waals surface area contributed by atoms with Gasteiger partial charge in [-0.25, -0.2) is 0 Å². The summed E-state index contributed by atoms with van der Waals surface area (Å²) in [5.74, 6) is 1.86. The molecular weight excluding hydrogens is 204 g/mol. The van der Waals surface area contributed by atoms with E-state index in [1.54, 1.807) is 0 Å². The number of unbranched alkanes of at least 4 members (excludes halogenated alkanes) is 2. The lowest BCUT2D eigenvalue weighted by atomic mass is 10.1. The molecule has 0 radical (unpaired) electrons. The van der Waals surface area contributed by atoms with Crippen LogP contribution in [0.5, 0.6) is 0 Å². The lowest BCUT2D eigenvalue weighted by Gasteiger charge is -2.22. The van der Waals surface area contributed by atoms with Gasteiger partial charge in [-0.3, -0.25) is 0 Å². The molecule has 2 nitrogen and oxygen atoms in total. The Morgan fingerprint density at radius 1 is 1.20 bits per heavy atom. The third-order valence-corrected chi connectivity index (χ3v) is 3.76. The van der Waals surface area contributed by atoms with Crippen LogP contribution in [0, 0.1) is 5.92 Å². The van der Waals surface area contributed by atoms with Crippen molar-refractivity contribution in [2.75, 3.05) is 39.5 Å². The highest BCUT2D eigenvalue weighted by atomic mass is 32.1. The van der Waals surface area contributed by atoms with Gasteiger partial charge in [-0.15, -0.1) is 0 Å². The molecule has 1 saturated heterocycles. The summed E-state index contributed by atoms with van der Waals surface area (Å²) in [6.07, 6.45) is 3.94. The fourth-order valence-electron chi connectivity index (χ4n) is 2.53. The maximum atomic E-state index is 4.24. The number of hydrogen-bond acceptors (Lipinski definition) is 3. The van der Waals surface area contributed by atoms with E-state index in [0.717, 1.165) is 17.7 Å². The SMILES string of the molecule is CC1CN(CCCCCS)CC1N(C)C. The zero-order valence-corrected chi connectivity index (χ0v) is 11.3. The van der Waals surface area contributed by atoms with Gasteiger partial charge in [0.05, 0.1) is 0 Å². The predicted octanol–water partition coefficient (Wildman–Crippen LogP) is 1.97. The number of hydrogen-bond donors (Lipinski definition) is 1. The molecule has 2 atom stereocenters.